The Morgan fingerprint density at radius 3 is 2.45 bits per heavy atom. The molecule has 0 spiro atoms. The van der Waals surface area contributed by atoms with E-state index in [1.165, 1.54) is 0 Å². The van der Waals surface area contributed by atoms with Crippen LogP contribution in [0.5, 0.6) is 5.75 Å². The van der Waals surface area contributed by atoms with Crippen LogP contribution in [0.25, 0.3) is 11.1 Å². The number of hydrogen-bond acceptors (Lipinski definition) is 2. The predicted octanol–water partition coefficient (Wildman–Crippen LogP) is 4.48. The smallest absolute Gasteiger partial charge is 0.387 e. The van der Waals surface area contributed by atoms with Crippen LogP contribution in [0.15, 0.2) is 40.9 Å². The van der Waals surface area contributed by atoms with Crippen molar-refractivity contribution >= 4 is 15.9 Å². The molecule has 2 rings (SSSR count). The summed E-state index contributed by atoms with van der Waals surface area (Å²) in [5.74, 6) is 0.139. The van der Waals surface area contributed by atoms with Gasteiger partial charge in [0.2, 0.25) is 0 Å². The molecule has 2 N–H and O–H groups in total. The van der Waals surface area contributed by atoms with E-state index in [1.807, 2.05) is 25.1 Å². The van der Waals surface area contributed by atoms with Crippen molar-refractivity contribution in [3.8, 4) is 16.9 Å². The van der Waals surface area contributed by atoms with Crippen LogP contribution < -0.4 is 10.5 Å². The Hall–Kier alpha value is -1.46. The number of nitrogens with two attached hydrogens (primary N) is 1. The van der Waals surface area contributed by atoms with Gasteiger partial charge in [-0.15, -0.1) is 0 Å². The largest absolute Gasteiger partial charge is 0.433 e. The van der Waals surface area contributed by atoms with Crippen LogP contribution >= 0.6 is 15.9 Å². The Morgan fingerprint density at radius 1 is 1.15 bits per heavy atom. The number of halogens is 3. The summed E-state index contributed by atoms with van der Waals surface area (Å²) in [7, 11) is 0. The average Bonchev–Trinajstić information content (AvgIpc) is 2.41. The maximum Gasteiger partial charge on any atom is 0.387 e. The first-order valence-corrected chi connectivity index (χ1v) is 6.86. The van der Waals surface area contributed by atoms with Gasteiger partial charge >= 0.3 is 6.61 Å². The highest BCUT2D eigenvalue weighted by Crippen LogP contribution is 2.39. The molecule has 0 bridgehead atoms. The van der Waals surface area contributed by atoms with Crippen molar-refractivity contribution < 1.29 is 13.5 Å². The molecule has 2 nitrogen and oxygen atoms in total. The summed E-state index contributed by atoms with van der Waals surface area (Å²) < 4.78 is 30.3. The van der Waals surface area contributed by atoms with Gasteiger partial charge in [0, 0.05) is 12.1 Å². The van der Waals surface area contributed by atoms with Gasteiger partial charge in [0.25, 0.3) is 0 Å². The number of hydrogen-bond donors (Lipinski definition) is 1. The number of rotatable bonds is 4. The van der Waals surface area contributed by atoms with Crippen LogP contribution in [-0.2, 0) is 6.54 Å². The fourth-order valence-corrected chi connectivity index (χ4v) is 2.59. The Morgan fingerprint density at radius 2 is 1.80 bits per heavy atom. The van der Waals surface area contributed by atoms with Crippen molar-refractivity contribution in [2.24, 2.45) is 5.73 Å². The van der Waals surface area contributed by atoms with Crippen molar-refractivity contribution in [3.63, 3.8) is 0 Å². The molecular weight excluding hydrogens is 328 g/mol. The van der Waals surface area contributed by atoms with Crippen LogP contribution in [0.3, 0.4) is 0 Å². The fourth-order valence-electron chi connectivity index (χ4n) is 2.13. The van der Waals surface area contributed by atoms with Gasteiger partial charge in [0.15, 0.2) is 0 Å². The molecule has 0 fully saturated rings. The lowest BCUT2D eigenvalue weighted by Crippen LogP contribution is -2.05. The SMILES string of the molecule is Cc1c(CN)cccc1-c1cccc(Br)c1OC(F)F. The van der Waals surface area contributed by atoms with E-state index in [2.05, 4.69) is 20.7 Å². The molecule has 0 saturated heterocycles. The first-order chi connectivity index (χ1) is 9.54. The maximum absolute atomic E-state index is 12.6. The van der Waals surface area contributed by atoms with E-state index in [1.54, 1.807) is 18.2 Å². The summed E-state index contributed by atoms with van der Waals surface area (Å²) in [5, 5.41) is 0. The highest BCUT2D eigenvalue weighted by Gasteiger charge is 2.16. The van der Waals surface area contributed by atoms with Crippen molar-refractivity contribution in [1.29, 1.82) is 0 Å². The lowest BCUT2D eigenvalue weighted by molar-refractivity contribution is -0.0499. The Labute approximate surface area is 124 Å². The molecule has 0 amide bonds. The minimum atomic E-state index is -2.87. The standard InChI is InChI=1S/C15H14BrF2NO/c1-9-10(8-19)4-2-5-11(9)12-6-3-7-13(16)14(12)20-15(17)18/h2-7,15H,8,19H2,1H3. The molecule has 5 heteroatoms. The lowest BCUT2D eigenvalue weighted by Gasteiger charge is -2.16. The first kappa shape index (κ1) is 14.9. The molecule has 2 aromatic carbocycles. The average molecular weight is 342 g/mol. The van der Waals surface area contributed by atoms with E-state index in [0.29, 0.717) is 16.6 Å². The van der Waals surface area contributed by atoms with Crippen LogP contribution in [0.4, 0.5) is 8.78 Å². The van der Waals surface area contributed by atoms with Gasteiger partial charge in [-0.3, -0.25) is 0 Å². The number of benzene rings is 2. The molecule has 0 aliphatic rings. The van der Waals surface area contributed by atoms with Crippen LogP contribution in [-0.4, -0.2) is 6.61 Å². The van der Waals surface area contributed by atoms with Gasteiger partial charge in [-0.1, -0.05) is 30.3 Å². The quantitative estimate of drug-likeness (QED) is 0.889. The van der Waals surface area contributed by atoms with E-state index >= 15 is 0 Å². The van der Waals surface area contributed by atoms with Gasteiger partial charge in [-0.2, -0.15) is 8.78 Å². The molecule has 0 aliphatic heterocycles. The highest BCUT2D eigenvalue weighted by atomic mass is 79.9. The van der Waals surface area contributed by atoms with Crippen molar-refractivity contribution in [1.82, 2.24) is 0 Å². The number of para-hydroxylation sites is 1. The molecule has 0 heterocycles. The zero-order valence-corrected chi connectivity index (χ0v) is 12.5. The monoisotopic (exact) mass is 341 g/mol. The summed E-state index contributed by atoms with van der Waals surface area (Å²) in [6, 6.07) is 10.9. The van der Waals surface area contributed by atoms with Crippen LogP contribution in [0, 0.1) is 6.92 Å². The van der Waals surface area contributed by atoms with E-state index in [9.17, 15) is 8.78 Å². The molecule has 0 aromatic heterocycles. The molecule has 106 valence electrons. The minimum Gasteiger partial charge on any atom is -0.433 e. The molecule has 20 heavy (non-hydrogen) atoms. The topological polar surface area (TPSA) is 35.2 Å². The normalized spacial score (nSPS) is 10.9. The molecule has 0 radical (unpaired) electrons. The molecule has 0 saturated carbocycles. The highest BCUT2D eigenvalue weighted by molar-refractivity contribution is 9.10. The fraction of sp³-hybridized carbons (Fsp3) is 0.200. The maximum atomic E-state index is 12.6. The van der Waals surface area contributed by atoms with Gasteiger partial charge in [-0.25, -0.2) is 0 Å². The minimum absolute atomic E-state index is 0.139. The first-order valence-electron chi connectivity index (χ1n) is 6.07. The third-order valence-corrected chi connectivity index (χ3v) is 3.75. The number of ether oxygens (including phenoxy) is 1. The van der Waals surface area contributed by atoms with E-state index in [-0.39, 0.29) is 5.75 Å². The van der Waals surface area contributed by atoms with Gasteiger partial charge in [-0.05, 0) is 45.6 Å². The van der Waals surface area contributed by atoms with E-state index < -0.39 is 6.61 Å². The van der Waals surface area contributed by atoms with Gasteiger partial charge < -0.3 is 10.5 Å². The molecule has 0 unspecified atom stereocenters. The van der Waals surface area contributed by atoms with Crippen LogP contribution in [0.1, 0.15) is 11.1 Å². The Bertz CT molecular complexity index is 617. The van der Waals surface area contributed by atoms with Crippen molar-refractivity contribution in [2.45, 2.75) is 20.1 Å². The molecule has 0 aliphatic carbocycles. The Balaban J connectivity index is 2.61. The summed E-state index contributed by atoms with van der Waals surface area (Å²) >= 11 is 3.25. The molecule has 0 atom stereocenters. The summed E-state index contributed by atoms with van der Waals surface area (Å²) in [6.07, 6.45) is 0. The van der Waals surface area contributed by atoms with Crippen LogP contribution in [0.2, 0.25) is 0 Å². The third kappa shape index (κ3) is 2.99. The Kier molecular flexibility index (Phi) is 4.73. The van der Waals surface area contributed by atoms with E-state index in [4.69, 9.17) is 5.73 Å². The van der Waals surface area contributed by atoms with Gasteiger partial charge in [0.1, 0.15) is 5.75 Å². The molecule has 2 aromatic rings. The van der Waals surface area contributed by atoms with Gasteiger partial charge in [0.05, 0.1) is 4.47 Å². The summed E-state index contributed by atoms with van der Waals surface area (Å²) in [5.41, 5.74) is 9.08. The van der Waals surface area contributed by atoms with E-state index in [0.717, 1.165) is 16.7 Å². The second-order valence-electron chi connectivity index (χ2n) is 4.29. The summed E-state index contributed by atoms with van der Waals surface area (Å²) in [4.78, 5) is 0. The second-order valence-corrected chi connectivity index (χ2v) is 5.14. The van der Waals surface area contributed by atoms with Crippen molar-refractivity contribution in [3.05, 3.63) is 52.0 Å². The lowest BCUT2D eigenvalue weighted by atomic mass is 9.96. The zero-order chi connectivity index (χ0) is 14.7. The third-order valence-electron chi connectivity index (χ3n) is 3.13. The molecular formula is C15H14BrF2NO. The number of alkyl halides is 2. The zero-order valence-electron chi connectivity index (χ0n) is 10.9. The second kappa shape index (κ2) is 6.33. The van der Waals surface area contributed by atoms with Crippen molar-refractivity contribution in [2.75, 3.05) is 0 Å². The summed E-state index contributed by atoms with van der Waals surface area (Å²) in [6.45, 7) is -0.547. The predicted molar refractivity (Wildman–Crippen MR) is 78.8 cm³/mol.